The van der Waals surface area contributed by atoms with E-state index in [-0.39, 0.29) is 23.3 Å². The molecule has 3 aromatic rings. The fourth-order valence-corrected chi connectivity index (χ4v) is 5.66. The predicted octanol–water partition coefficient (Wildman–Crippen LogP) is 3.48. The van der Waals surface area contributed by atoms with E-state index in [9.17, 15) is 19.2 Å². The van der Waals surface area contributed by atoms with Crippen LogP contribution < -0.4 is 16.2 Å². The Morgan fingerprint density at radius 3 is 2.22 bits per heavy atom. The first kappa shape index (κ1) is 25.2. The highest BCUT2D eigenvalue weighted by atomic mass is 35.5. The van der Waals surface area contributed by atoms with Crippen molar-refractivity contribution in [3.63, 3.8) is 0 Å². The van der Waals surface area contributed by atoms with Crippen molar-refractivity contribution in [2.75, 3.05) is 13.1 Å². The Kier molecular flexibility index (Phi) is 7.43. The summed E-state index contributed by atoms with van der Waals surface area (Å²) in [5.41, 5.74) is 0.903. The van der Waals surface area contributed by atoms with Gasteiger partial charge in [-0.05, 0) is 61.2 Å². The van der Waals surface area contributed by atoms with Gasteiger partial charge in [0.1, 0.15) is 0 Å². The van der Waals surface area contributed by atoms with Crippen LogP contribution in [-0.2, 0) is 4.79 Å². The van der Waals surface area contributed by atoms with Gasteiger partial charge in [0.25, 0.3) is 17.4 Å². The number of hydrogen-bond donors (Lipinski definition) is 2. The molecule has 3 heterocycles. The molecule has 2 atom stereocenters. The van der Waals surface area contributed by atoms with Gasteiger partial charge >= 0.3 is 0 Å². The maximum Gasteiger partial charge on any atom is 0.261 e. The summed E-state index contributed by atoms with van der Waals surface area (Å²) < 4.78 is 2.01. The fourth-order valence-electron chi connectivity index (χ4n) is 4.71. The van der Waals surface area contributed by atoms with Crippen LogP contribution in [0.2, 0.25) is 4.34 Å². The molecule has 10 heteroatoms. The Bertz CT molecular complexity index is 1360. The average molecular weight is 539 g/mol. The second-order valence-corrected chi connectivity index (χ2v) is 11.2. The Balaban J connectivity index is 1.29. The highest BCUT2D eigenvalue weighted by Crippen LogP contribution is 2.30. The van der Waals surface area contributed by atoms with Gasteiger partial charge < -0.3 is 15.5 Å². The lowest BCUT2D eigenvalue weighted by atomic mass is 9.83. The van der Waals surface area contributed by atoms with Crippen LogP contribution in [0.3, 0.4) is 0 Å². The molecule has 192 valence electrons. The monoisotopic (exact) mass is 538 g/mol. The number of carbonyl (C=O) groups is 3. The minimum absolute atomic E-state index is 0.0533. The van der Waals surface area contributed by atoms with Crippen LogP contribution in [0.25, 0.3) is 5.69 Å². The lowest BCUT2D eigenvalue weighted by Crippen LogP contribution is -2.50. The summed E-state index contributed by atoms with van der Waals surface area (Å²) in [7, 11) is 0. The normalized spacial score (nSPS) is 19.3. The summed E-state index contributed by atoms with van der Waals surface area (Å²) in [4.78, 5) is 53.1. The molecule has 0 unspecified atom stereocenters. The van der Waals surface area contributed by atoms with Crippen molar-refractivity contribution in [1.29, 1.82) is 0 Å². The van der Waals surface area contributed by atoms with Gasteiger partial charge in [-0.1, -0.05) is 24.1 Å². The number of likely N-dealkylation sites (tertiary alicyclic amines) is 1. The quantitative estimate of drug-likeness (QED) is 0.481. The molecule has 1 aromatic carbocycles. The zero-order chi connectivity index (χ0) is 25.9. The van der Waals surface area contributed by atoms with Crippen LogP contribution in [0.1, 0.15) is 45.7 Å². The van der Waals surface area contributed by atoms with Crippen molar-refractivity contribution in [3.05, 3.63) is 85.9 Å². The summed E-state index contributed by atoms with van der Waals surface area (Å²) in [5.74, 6) is -0.119. The van der Waals surface area contributed by atoms with Crippen LogP contribution >= 0.6 is 22.9 Å². The number of benzene rings is 1. The molecule has 2 aromatic heterocycles. The van der Waals surface area contributed by atoms with Crippen LogP contribution in [0.5, 0.6) is 0 Å². The number of halogens is 1. The topological polar surface area (TPSA) is 101 Å². The zero-order valence-corrected chi connectivity index (χ0v) is 21.6. The summed E-state index contributed by atoms with van der Waals surface area (Å²) in [6.07, 6.45) is 5.48. The number of thiophene rings is 1. The third-order valence-corrected chi connectivity index (χ3v) is 8.25. The van der Waals surface area contributed by atoms with Crippen LogP contribution in [0.4, 0.5) is 0 Å². The average Bonchev–Trinajstić information content (AvgIpc) is 3.48. The van der Waals surface area contributed by atoms with E-state index in [0.29, 0.717) is 45.9 Å². The molecule has 2 aliphatic rings. The van der Waals surface area contributed by atoms with Gasteiger partial charge in [-0.15, -0.1) is 11.3 Å². The predicted molar refractivity (Wildman–Crippen MR) is 142 cm³/mol. The highest BCUT2D eigenvalue weighted by molar-refractivity contribution is 7.18. The molecule has 0 radical (unpaired) electrons. The third kappa shape index (κ3) is 5.78. The summed E-state index contributed by atoms with van der Waals surface area (Å²) >= 11 is 7.17. The Morgan fingerprint density at radius 2 is 1.62 bits per heavy atom. The number of rotatable bonds is 7. The number of carbonyl (C=O) groups excluding carboxylic acids is 3. The zero-order valence-electron chi connectivity index (χ0n) is 20.1. The molecular weight excluding hydrogens is 512 g/mol. The second-order valence-electron chi connectivity index (χ2n) is 9.52. The van der Waals surface area contributed by atoms with E-state index in [1.165, 1.54) is 22.0 Å². The first-order valence-corrected chi connectivity index (χ1v) is 13.5. The minimum Gasteiger partial charge on any atom is -0.345 e. The fraction of sp³-hybridized carbons (Fsp3) is 0.333. The second kappa shape index (κ2) is 10.9. The SMILES string of the molecule is O=C(N[C@@H]1CN(C(=O)CC2CCC2)C[C@H]1NC(=O)c1ccc(Cl)s1)c1ccc(-n2ccccc2=O)cc1. The first-order chi connectivity index (χ1) is 17.9. The van der Waals surface area contributed by atoms with Crippen molar-refractivity contribution in [3.8, 4) is 5.69 Å². The Hall–Kier alpha value is -3.43. The number of nitrogens with zero attached hydrogens (tertiary/aromatic N) is 2. The van der Waals surface area contributed by atoms with Crippen molar-refractivity contribution < 1.29 is 14.4 Å². The standard InChI is InChI=1S/C27H27ClN4O4S/c28-23-12-11-22(37-23)27(36)30-21-16-31(25(34)14-17-4-3-5-17)15-20(21)29-26(35)18-7-9-19(10-8-18)32-13-2-1-6-24(32)33/h1-2,6-13,17,20-21H,3-5,14-16H2,(H,29,35)(H,30,36)/t20-,21-/m1/s1. The molecule has 1 saturated heterocycles. The van der Waals surface area contributed by atoms with Gasteiger partial charge in [-0.3, -0.25) is 23.7 Å². The summed E-state index contributed by atoms with van der Waals surface area (Å²) in [5, 5.41) is 5.99. The number of amides is 3. The molecule has 2 N–H and O–H groups in total. The van der Waals surface area contributed by atoms with Gasteiger partial charge in [-0.25, -0.2) is 0 Å². The van der Waals surface area contributed by atoms with E-state index in [1.807, 2.05) is 0 Å². The van der Waals surface area contributed by atoms with Crippen molar-refractivity contribution in [1.82, 2.24) is 20.1 Å². The molecule has 5 rings (SSSR count). The minimum atomic E-state index is -0.450. The number of hydrogen-bond acceptors (Lipinski definition) is 5. The smallest absolute Gasteiger partial charge is 0.261 e. The van der Waals surface area contributed by atoms with E-state index >= 15 is 0 Å². The molecular formula is C27H27ClN4O4S. The summed E-state index contributed by atoms with van der Waals surface area (Å²) in [6.45, 7) is 0.655. The molecule has 0 bridgehead atoms. The van der Waals surface area contributed by atoms with Crippen molar-refractivity contribution in [2.24, 2.45) is 5.92 Å². The maximum atomic E-state index is 13.1. The van der Waals surface area contributed by atoms with E-state index in [4.69, 9.17) is 11.6 Å². The largest absolute Gasteiger partial charge is 0.345 e. The van der Waals surface area contributed by atoms with Crippen LogP contribution in [0.15, 0.2) is 65.6 Å². The van der Waals surface area contributed by atoms with Gasteiger partial charge in [0.2, 0.25) is 5.91 Å². The lowest BCUT2D eigenvalue weighted by Gasteiger charge is -2.27. The van der Waals surface area contributed by atoms with Crippen molar-refractivity contribution >= 4 is 40.7 Å². The molecule has 37 heavy (non-hydrogen) atoms. The molecule has 0 spiro atoms. The molecule has 3 amide bonds. The molecule has 1 aliphatic heterocycles. The molecule has 1 saturated carbocycles. The molecule has 1 aliphatic carbocycles. The molecule has 2 fully saturated rings. The van der Waals surface area contributed by atoms with E-state index in [1.54, 1.807) is 59.6 Å². The van der Waals surface area contributed by atoms with Crippen LogP contribution in [0, 0.1) is 5.92 Å². The highest BCUT2D eigenvalue weighted by Gasteiger charge is 2.38. The molecule has 8 nitrogen and oxygen atoms in total. The first-order valence-electron chi connectivity index (χ1n) is 12.3. The maximum absolute atomic E-state index is 13.1. The van der Waals surface area contributed by atoms with E-state index in [2.05, 4.69) is 10.6 Å². The number of pyridine rings is 1. The number of nitrogens with one attached hydrogen (secondary N) is 2. The lowest BCUT2D eigenvalue weighted by molar-refractivity contribution is -0.131. The summed E-state index contributed by atoms with van der Waals surface area (Å²) in [6, 6.07) is 14.1. The van der Waals surface area contributed by atoms with Gasteiger partial charge in [0, 0.05) is 43.0 Å². The van der Waals surface area contributed by atoms with E-state index < -0.39 is 12.1 Å². The third-order valence-electron chi connectivity index (χ3n) is 7.02. The van der Waals surface area contributed by atoms with Gasteiger partial charge in [-0.2, -0.15) is 0 Å². The van der Waals surface area contributed by atoms with Gasteiger partial charge in [0.15, 0.2) is 0 Å². The van der Waals surface area contributed by atoms with Crippen LogP contribution in [-0.4, -0.2) is 52.4 Å². The Morgan fingerprint density at radius 1 is 0.919 bits per heavy atom. The number of aromatic nitrogens is 1. The van der Waals surface area contributed by atoms with Crippen molar-refractivity contribution in [2.45, 2.75) is 37.8 Å². The van der Waals surface area contributed by atoms with E-state index in [0.717, 1.165) is 19.3 Å². The van der Waals surface area contributed by atoms with Gasteiger partial charge in [0.05, 0.1) is 21.3 Å². The Labute approximate surface area is 223 Å².